The number of amides is 1. The van der Waals surface area contributed by atoms with E-state index in [1.165, 1.54) is 0 Å². The third-order valence-corrected chi connectivity index (χ3v) is 8.01. The van der Waals surface area contributed by atoms with Gasteiger partial charge in [0.15, 0.2) is 0 Å². The Morgan fingerprint density at radius 2 is 1.97 bits per heavy atom. The first-order valence-corrected chi connectivity index (χ1v) is 13.1. The number of hydrogen-bond acceptors (Lipinski definition) is 8. The third-order valence-electron chi connectivity index (χ3n) is 6.84. The first kappa shape index (κ1) is 23.7. The Morgan fingerprint density at radius 3 is 2.55 bits per heavy atom. The maximum atomic E-state index is 13.3. The lowest BCUT2D eigenvalue weighted by molar-refractivity contribution is -0.142. The molecule has 1 amide bonds. The van der Waals surface area contributed by atoms with Crippen LogP contribution in [0.3, 0.4) is 0 Å². The summed E-state index contributed by atoms with van der Waals surface area (Å²) in [7, 11) is 1.66. The Morgan fingerprint density at radius 1 is 1.29 bits per heavy atom. The molecule has 2 aromatic rings. The third kappa shape index (κ3) is 6.35. The molecule has 0 aromatic carbocycles. The highest BCUT2D eigenvalue weighted by Crippen LogP contribution is 2.39. The minimum atomic E-state index is -3.48. The van der Waals surface area contributed by atoms with Crippen molar-refractivity contribution >= 4 is 40.9 Å². The van der Waals surface area contributed by atoms with Gasteiger partial charge in [-0.15, -0.1) is 11.3 Å². The zero-order valence-corrected chi connectivity index (χ0v) is 23.0. The highest BCUT2D eigenvalue weighted by molar-refractivity contribution is 7.14. The second-order valence-electron chi connectivity index (χ2n) is 9.77. The molecule has 0 aliphatic carbocycles. The number of fused-ring (bicyclic) bond motifs is 1. The maximum Gasteiger partial charge on any atom is 0.326 e. The van der Waals surface area contributed by atoms with Crippen molar-refractivity contribution < 1.29 is 30.1 Å². The second-order valence-corrected chi connectivity index (χ2v) is 10.9. The lowest BCUT2D eigenvalue weighted by atomic mass is 9.76. The minimum Gasteiger partial charge on any atom is -0.481 e. The number of carboxylic acids is 2. The first-order valence-electron chi connectivity index (χ1n) is 14.3. The number of nitrogens with one attached hydrogen (secondary N) is 4. The van der Waals surface area contributed by atoms with Gasteiger partial charge in [-0.3, -0.25) is 19.4 Å². The lowest BCUT2D eigenvalue weighted by Crippen LogP contribution is -2.45. The van der Waals surface area contributed by atoms with Crippen LogP contribution >= 0.6 is 11.3 Å². The van der Waals surface area contributed by atoms with Crippen LogP contribution in [0.25, 0.3) is 0 Å². The lowest BCUT2D eigenvalue weighted by Gasteiger charge is -2.35. The highest BCUT2D eigenvalue weighted by atomic mass is 32.1. The van der Waals surface area contributed by atoms with Crippen LogP contribution in [-0.4, -0.2) is 57.6 Å². The number of hydrogen-bond donors (Lipinski definition) is 6. The van der Waals surface area contributed by atoms with Gasteiger partial charge in [0.25, 0.3) is 11.5 Å². The zero-order chi connectivity index (χ0) is 31.9. The molecule has 0 spiro atoms. The van der Waals surface area contributed by atoms with Crippen molar-refractivity contribution in [2.75, 3.05) is 24.2 Å². The summed E-state index contributed by atoms with van der Waals surface area (Å²) in [5.41, 5.74) is 1.16. The molecule has 6 N–H and O–H groups in total. The molecule has 3 unspecified atom stereocenters. The van der Waals surface area contributed by atoms with Gasteiger partial charge in [-0.25, -0.2) is 4.79 Å². The molecule has 1 aliphatic heterocycles. The molecular weight excluding hydrogens is 510 g/mol. The first-order chi connectivity index (χ1) is 19.3. The standard InChI is InChI=1S/C26H37N5O6S/c1-11(2)15-9-18(23(34)29-21(25(36)37)13(4)8-19(32)33)38-17(15)7-12(3)16-10-28-22-20(14(16)5)24(35)31-26(27-6)30-22/h9,11-14,16,21H,7-8,10H2,1-6H3,(H,29,34)(H,32,33)(H,36,37)(H3,27,28,30,31,35)/t12?,13?,14?,16-,21-/m0/s1/i8D2,13D,21D. The Labute approximate surface area is 231 Å². The van der Waals surface area contributed by atoms with E-state index in [0.717, 1.165) is 21.8 Å². The number of carbonyl (C=O) groups excluding carboxylic acids is 1. The molecule has 0 radical (unpaired) electrons. The molecule has 0 saturated heterocycles. The van der Waals surface area contributed by atoms with Gasteiger partial charge in [-0.1, -0.05) is 34.6 Å². The van der Waals surface area contributed by atoms with Gasteiger partial charge in [0.1, 0.15) is 11.8 Å². The van der Waals surface area contributed by atoms with E-state index >= 15 is 0 Å². The minimum absolute atomic E-state index is 0.0255. The summed E-state index contributed by atoms with van der Waals surface area (Å²) in [6.07, 6.45) is -2.95. The number of carboxylic acid groups (broad SMARTS) is 2. The number of anilines is 2. The molecule has 208 valence electrons. The van der Waals surface area contributed by atoms with Crippen LogP contribution in [0.2, 0.25) is 0 Å². The smallest absolute Gasteiger partial charge is 0.326 e. The summed E-state index contributed by atoms with van der Waals surface area (Å²) in [4.78, 5) is 57.6. The molecule has 0 bridgehead atoms. The summed E-state index contributed by atoms with van der Waals surface area (Å²) >= 11 is 1.09. The number of aromatic nitrogens is 2. The number of carbonyl (C=O) groups is 3. The second kappa shape index (κ2) is 12.0. The van der Waals surface area contributed by atoms with E-state index in [1.54, 1.807) is 13.1 Å². The van der Waals surface area contributed by atoms with Crippen LogP contribution in [0, 0.1) is 17.7 Å². The van der Waals surface area contributed by atoms with Crippen LogP contribution in [0.5, 0.6) is 0 Å². The molecule has 3 heterocycles. The van der Waals surface area contributed by atoms with Crippen molar-refractivity contribution in [1.82, 2.24) is 15.3 Å². The fraction of sp³-hybridized carbons (Fsp3) is 0.577. The van der Waals surface area contributed by atoms with E-state index in [1.807, 2.05) is 33.0 Å². The molecular formula is C26H37N5O6S. The summed E-state index contributed by atoms with van der Waals surface area (Å²) in [5, 5.41) is 27.0. The van der Waals surface area contributed by atoms with Crippen LogP contribution in [0.15, 0.2) is 10.9 Å². The Bertz CT molecular complexity index is 1440. The number of thiophene rings is 1. The summed E-state index contributed by atoms with van der Waals surface area (Å²) < 4.78 is 32.1. The highest BCUT2D eigenvalue weighted by Gasteiger charge is 2.34. The van der Waals surface area contributed by atoms with E-state index in [2.05, 4.69) is 20.6 Å². The van der Waals surface area contributed by atoms with Crippen molar-refractivity contribution in [3.8, 4) is 0 Å². The summed E-state index contributed by atoms with van der Waals surface area (Å²) in [6.45, 7) is 9.09. The average Bonchev–Trinajstić information content (AvgIpc) is 3.32. The molecule has 1 aliphatic rings. The largest absolute Gasteiger partial charge is 0.481 e. The number of H-pyrrole nitrogens is 1. The molecule has 38 heavy (non-hydrogen) atoms. The Hall–Kier alpha value is -3.41. The van der Waals surface area contributed by atoms with E-state index < -0.39 is 36.1 Å². The fourth-order valence-corrected chi connectivity index (χ4v) is 6.16. The maximum absolute atomic E-state index is 13.3. The van der Waals surface area contributed by atoms with Gasteiger partial charge in [-0.2, -0.15) is 4.98 Å². The predicted octanol–water partition coefficient (Wildman–Crippen LogP) is 3.31. The van der Waals surface area contributed by atoms with Crippen molar-refractivity contribution in [2.24, 2.45) is 17.7 Å². The molecule has 3 rings (SSSR count). The Kier molecular flexibility index (Phi) is 7.46. The molecule has 5 atom stereocenters. The molecule has 2 aromatic heterocycles. The number of aliphatic carboxylic acids is 2. The molecule has 11 nitrogen and oxygen atoms in total. The normalized spacial score (nSPS) is 22.7. The van der Waals surface area contributed by atoms with E-state index in [9.17, 15) is 29.4 Å². The van der Waals surface area contributed by atoms with Crippen LogP contribution in [0.1, 0.15) is 84.0 Å². The van der Waals surface area contributed by atoms with Gasteiger partial charge in [0.05, 0.1) is 18.2 Å². The van der Waals surface area contributed by atoms with Gasteiger partial charge in [-0.05, 0) is 47.6 Å². The molecule has 0 saturated carbocycles. The quantitative estimate of drug-likeness (QED) is 0.245. The van der Waals surface area contributed by atoms with Crippen LogP contribution in [0.4, 0.5) is 11.8 Å². The van der Waals surface area contributed by atoms with E-state index in [4.69, 9.17) is 5.48 Å². The number of rotatable bonds is 11. The van der Waals surface area contributed by atoms with Gasteiger partial charge in [0, 0.05) is 22.6 Å². The fourth-order valence-electron chi connectivity index (χ4n) is 4.81. The van der Waals surface area contributed by atoms with Gasteiger partial charge in [0.2, 0.25) is 5.95 Å². The van der Waals surface area contributed by atoms with Crippen molar-refractivity contribution in [3.63, 3.8) is 0 Å². The van der Waals surface area contributed by atoms with Gasteiger partial charge >= 0.3 is 11.9 Å². The average molecular weight is 552 g/mol. The van der Waals surface area contributed by atoms with Crippen LogP contribution in [-0.2, 0) is 16.0 Å². The van der Waals surface area contributed by atoms with Crippen molar-refractivity contribution in [1.29, 1.82) is 0 Å². The van der Waals surface area contributed by atoms with Crippen molar-refractivity contribution in [2.45, 2.75) is 65.3 Å². The van der Waals surface area contributed by atoms with Crippen LogP contribution < -0.4 is 21.5 Å². The zero-order valence-electron chi connectivity index (χ0n) is 26.2. The summed E-state index contributed by atoms with van der Waals surface area (Å²) in [5.74, 6) is -7.52. The van der Waals surface area contributed by atoms with E-state index in [0.29, 0.717) is 37.2 Å². The topological polar surface area (TPSA) is 174 Å². The van der Waals surface area contributed by atoms with Crippen molar-refractivity contribution in [3.05, 3.63) is 37.3 Å². The SMILES string of the molecule is [2H]C([2H])(C(=O)O)C([2H])(C)[C@]([2H])(NC(=O)c1cc(C(C)C)c(CC(C)[C@@H]2CNc3nc(NC)[nH]c(=O)c3C2C)s1)C(=O)O. The van der Waals surface area contributed by atoms with Gasteiger partial charge < -0.3 is 26.2 Å². The molecule has 0 fully saturated rings. The van der Waals surface area contributed by atoms with E-state index in [-0.39, 0.29) is 34.1 Å². The number of aromatic amines is 1. The Balaban J connectivity index is 1.90. The molecule has 12 heteroatoms. The monoisotopic (exact) mass is 551 g/mol. The number of nitrogens with zero attached hydrogens (tertiary/aromatic N) is 1. The predicted molar refractivity (Wildman–Crippen MR) is 146 cm³/mol. The summed E-state index contributed by atoms with van der Waals surface area (Å²) in [6, 6.07) is -1.75.